The van der Waals surface area contributed by atoms with Crippen LogP contribution in [0.2, 0.25) is 5.15 Å². The van der Waals surface area contributed by atoms with Crippen LogP contribution in [0.15, 0.2) is 24.7 Å². The number of anilines is 1. The lowest BCUT2D eigenvalue weighted by Crippen LogP contribution is -2.16. The van der Waals surface area contributed by atoms with Gasteiger partial charge < -0.3 is 9.88 Å². The number of carbonyl (C=O) groups excluding carboxylic acids is 1. The molecular weight excluding hydrogens is 230 g/mol. The minimum atomic E-state index is -0.295. The van der Waals surface area contributed by atoms with Crippen LogP contribution in [-0.4, -0.2) is 25.7 Å². The maximum absolute atomic E-state index is 11.7. The molecule has 0 aliphatic heterocycles. The van der Waals surface area contributed by atoms with E-state index >= 15 is 0 Å². The largest absolute Gasteiger partial charge is 0.330 e. The van der Waals surface area contributed by atoms with Crippen LogP contribution in [0.1, 0.15) is 10.5 Å². The van der Waals surface area contributed by atoms with Crippen LogP contribution in [-0.2, 0) is 7.05 Å². The molecule has 0 fully saturated rings. The van der Waals surface area contributed by atoms with Gasteiger partial charge in [0.25, 0.3) is 5.91 Å². The maximum atomic E-state index is 11.7. The molecule has 0 aliphatic carbocycles. The maximum Gasteiger partial charge on any atom is 0.275 e. The van der Waals surface area contributed by atoms with Gasteiger partial charge in [-0.15, -0.1) is 10.2 Å². The number of amides is 1. The second-order valence-corrected chi connectivity index (χ2v) is 3.47. The number of halogens is 1. The fourth-order valence-corrected chi connectivity index (χ4v) is 1.24. The lowest BCUT2D eigenvalue weighted by Gasteiger charge is -2.03. The summed E-state index contributed by atoms with van der Waals surface area (Å²) >= 11 is 5.57. The van der Waals surface area contributed by atoms with E-state index in [1.807, 2.05) is 0 Å². The number of aromatic nitrogens is 4. The van der Waals surface area contributed by atoms with E-state index in [0.29, 0.717) is 11.5 Å². The van der Waals surface area contributed by atoms with Crippen molar-refractivity contribution < 1.29 is 4.79 Å². The Morgan fingerprint density at radius 1 is 1.44 bits per heavy atom. The number of rotatable bonds is 2. The Hall–Kier alpha value is -1.95. The molecule has 0 bridgehead atoms. The van der Waals surface area contributed by atoms with Crippen LogP contribution < -0.4 is 5.32 Å². The Kier molecular flexibility index (Phi) is 2.82. The minimum Gasteiger partial charge on any atom is -0.330 e. The van der Waals surface area contributed by atoms with E-state index in [2.05, 4.69) is 20.5 Å². The van der Waals surface area contributed by atoms with E-state index < -0.39 is 0 Å². The van der Waals surface area contributed by atoms with Gasteiger partial charge in [-0.1, -0.05) is 11.6 Å². The highest BCUT2D eigenvalue weighted by Crippen LogP contribution is 2.07. The second kappa shape index (κ2) is 4.28. The average Bonchev–Trinajstić information content (AvgIpc) is 2.68. The van der Waals surface area contributed by atoms with E-state index in [1.165, 1.54) is 6.20 Å². The van der Waals surface area contributed by atoms with Crippen LogP contribution >= 0.6 is 11.6 Å². The molecule has 82 valence electrons. The molecule has 0 spiro atoms. The molecule has 0 atom stereocenters. The van der Waals surface area contributed by atoms with E-state index in [-0.39, 0.29) is 11.1 Å². The number of aryl methyl sites for hydroxylation is 1. The summed E-state index contributed by atoms with van der Waals surface area (Å²) in [7, 11) is 1.73. The van der Waals surface area contributed by atoms with Crippen molar-refractivity contribution in [2.45, 2.75) is 0 Å². The number of carbonyl (C=O) groups is 1. The zero-order chi connectivity index (χ0) is 11.5. The first-order valence-electron chi connectivity index (χ1n) is 4.44. The Morgan fingerprint density at radius 2 is 2.25 bits per heavy atom. The quantitative estimate of drug-likeness (QED) is 0.849. The zero-order valence-corrected chi connectivity index (χ0v) is 9.14. The van der Waals surface area contributed by atoms with Crippen molar-refractivity contribution >= 4 is 23.3 Å². The Labute approximate surface area is 96.3 Å². The van der Waals surface area contributed by atoms with E-state index in [9.17, 15) is 4.79 Å². The van der Waals surface area contributed by atoms with Gasteiger partial charge in [-0.3, -0.25) is 4.79 Å². The highest BCUT2D eigenvalue weighted by Gasteiger charge is 2.10. The van der Waals surface area contributed by atoms with Crippen molar-refractivity contribution in [3.63, 3.8) is 0 Å². The van der Waals surface area contributed by atoms with Crippen LogP contribution in [0.3, 0.4) is 0 Å². The fourth-order valence-electron chi connectivity index (χ4n) is 1.14. The molecule has 0 saturated carbocycles. The third kappa shape index (κ3) is 2.17. The van der Waals surface area contributed by atoms with E-state index in [1.54, 1.807) is 30.1 Å². The smallest absolute Gasteiger partial charge is 0.275 e. The number of nitrogens with one attached hydrogen (secondary N) is 1. The number of hydrogen-bond donors (Lipinski definition) is 1. The molecule has 2 rings (SSSR count). The SMILES string of the molecule is Cn1cncc1C(=O)Nc1ccc(Cl)nn1. The molecule has 2 aromatic rings. The van der Waals surface area contributed by atoms with Gasteiger partial charge in [-0.2, -0.15) is 0 Å². The van der Waals surface area contributed by atoms with Gasteiger partial charge >= 0.3 is 0 Å². The lowest BCUT2D eigenvalue weighted by atomic mass is 10.4. The first-order chi connectivity index (χ1) is 7.66. The molecule has 2 aromatic heterocycles. The molecule has 0 saturated heterocycles. The highest BCUT2D eigenvalue weighted by atomic mass is 35.5. The third-order valence-corrected chi connectivity index (χ3v) is 2.12. The van der Waals surface area contributed by atoms with Crippen molar-refractivity contribution in [1.82, 2.24) is 19.7 Å². The predicted molar refractivity (Wildman–Crippen MR) is 58.2 cm³/mol. The second-order valence-electron chi connectivity index (χ2n) is 3.09. The summed E-state index contributed by atoms with van der Waals surface area (Å²) in [6.45, 7) is 0. The van der Waals surface area contributed by atoms with Gasteiger partial charge in [0.05, 0.1) is 12.5 Å². The molecule has 0 aromatic carbocycles. The van der Waals surface area contributed by atoms with Gasteiger partial charge in [-0.05, 0) is 12.1 Å². The van der Waals surface area contributed by atoms with Gasteiger partial charge in [0.1, 0.15) is 5.69 Å². The summed E-state index contributed by atoms with van der Waals surface area (Å²) in [6.07, 6.45) is 3.02. The predicted octanol–water partition coefficient (Wildman–Crippen LogP) is 1.12. The monoisotopic (exact) mass is 237 g/mol. The molecule has 0 aliphatic rings. The Balaban J connectivity index is 2.14. The fraction of sp³-hybridized carbons (Fsp3) is 0.111. The highest BCUT2D eigenvalue weighted by molar-refractivity contribution is 6.29. The van der Waals surface area contributed by atoms with Gasteiger partial charge in [0.15, 0.2) is 11.0 Å². The van der Waals surface area contributed by atoms with Crippen molar-refractivity contribution in [1.29, 1.82) is 0 Å². The Bertz CT molecular complexity index is 507. The molecule has 0 unspecified atom stereocenters. The van der Waals surface area contributed by atoms with Gasteiger partial charge in [-0.25, -0.2) is 4.98 Å². The summed E-state index contributed by atoms with van der Waals surface area (Å²) < 4.78 is 1.61. The third-order valence-electron chi connectivity index (χ3n) is 1.92. The van der Waals surface area contributed by atoms with Crippen LogP contribution in [0, 0.1) is 0 Å². The van der Waals surface area contributed by atoms with Crippen molar-refractivity contribution in [2.24, 2.45) is 7.05 Å². The summed E-state index contributed by atoms with van der Waals surface area (Å²) in [5, 5.41) is 10.2. The number of imidazole rings is 1. The molecule has 16 heavy (non-hydrogen) atoms. The van der Waals surface area contributed by atoms with Crippen molar-refractivity contribution in [2.75, 3.05) is 5.32 Å². The summed E-state index contributed by atoms with van der Waals surface area (Å²) in [5.41, 5.74) is 0.441. The minimum absolute atomic E-state index is 0.276. The summed E-state index contributed by atoms with van der Waals surface area (Å²) in [5.74, 6) is 0.0484. The first kappa shape index (κ1) is 10.6. The zero-order valence-electron chi connectivity index (χ0n) is 8.38. The standard InChI is InChI=1S/C9H8ClN5O/c1-15-5-11-4-6(15)9(16)12-8-3-2-7(10)13-14-8/h2-5H,1H3,(H,12,14,16). The van der Waals surface area contributed by atoms with Crippen LogP contribution in [0.5, 0.6) is 0 Å². The first-order valence-corrected chi connectivity index (χ1v) is 4.81. The van der Waals surface area contributed by atoms with Crippen molar-refractivity contribution in [3.05, 3.63) is 35.5 Å². The van der Waals surface area contributed by atoms with Crippen LogP contribution in [0.25, 0.3) is 0 Å². The topological polar surface area (TPSA) is 72.7 Å². The van der Waals surface area contributed by atoms with Crippen molar-refractivity contribution in [3.8, 4) is 0 Å². The normalized spacial score (nSPS) is 10.1. The molecular formula is C9H8ClN5O. The summed E-state index contributed by atoms with van der Waals surface area (Å²) in [6, 6.07) is 3.12. The molecule has 1 amide bonds. The van der Waals surface area contributed by atoms with Gasteiger partial charge in [0, 0.05) is 7.05 Å². The number of nitrogens with zero attached hydrogens (tertiary/aromatic N) is 4. The van der Waals surface area contributed by atoms with Crippen LogP contribution in [0.4, 0.5) is 5.82 Å². The Morgan fingerprint density at radius 3 is 2.81 bits per heavy atom. The molecule has 1 N–H and O–H groups in total. The molecule has 7 heteroatoms. The molecule has 0 radical (unpaired) electrons. The lowest BCUT2D eigenvalue weighted by molar-refractivity contribution is 0.101. The number of hydrogen-bond acceptors (Lipinski definition) is 4. The molecule has 2 heterocycles. The van der Waals surface area contributed by atoms with E-state index in [4.69, 9.17) is 11.6 Å². The van der Waals surface area contributed by atoms with E-state index in [0.717, 1.165) is 0 Å². The molecule has 6 nitrogen and oxygen atoms in total. The average molecular weight is 238 g/mol. The summed E-state index contributed by atoms with van der Waals surface area (Å²) in [4.78, 5) is 15.6. The van der Waals surface area contributed by atoms with Gasteiger partial charge in [0.2, 0.25) is 0 Å².